The number of hydrogen-bond donors (Lipinski definition) is 0. The molecule has 266 valence electrons. The lowest BCUT2D eigenvalue weighted by atomic mass is 9.98. The van der Waals surface area contributed by atoms with E-state index < -0.39 is 0 Å². The van der Waals surface area contributed by atoms with Crippen LogP contribution in [-0.2, 0) is 6.42 Å². The lowest BCUT2D eigenvalue weighted by Gasteiger charge is -2.15. The number of fused-ring (bicyclic) bond motifs is 9. The van der Waals surface area contributed by atoms with Crippen LogP contribution < -0.4 is 0 Å². The van der Waals surface area contributed by atoms with E-state index in [9.17, 15) is 5.26 Å². The predicted octanol–water partition coefficient (Wildman–Crippen LogP) is 13.6. The zero-order chi connectivity index (χ0) is 38.2. The topological polar surface area (TPSA) is 42.9 Å². The van der Waals surface area contributed by atoms with Gasteiger partial charge in [0.15, 0.2) is 5.69 Å². The number of aromatic nitrogens is 3. The molecule has 0 aliphatic rings. The van der Waals surface area contributed by atoms with Crippen LogP contribution in [0.2, 0.25) is 0 Å². The maximum atomic E-state index is 10.5. The van der Waals surface area contributed by atoms with Crippen molar-refractivity contribution in [2.24, 2.45) is 0 Å². The van der Waals surface area contributed by atoms with Gasteiger partial charge in [-0.25, -0.2) is 4.85 Å². The molecule has 0 atom stereocenters. The molecule has 0 fully saturated rings. The van der Waals surface area contributed by atoms with E-state index in [1.165, 1.54) is 27.4 Å². The second-order valence-electron chi connectivity index (χ2n) is 14.7. The number of nitriles is 1. The second kappa shape index (κ2) is 12.6. The van der Waals surface area contributed by atoms with Crippen LogP contribution in [0.3, 0.4) is 0 Å². The highest BCUT2D eigenvalue weighted by atomic mass is 15.0. The van der Waals surface area contributed by atoms with Crippen molar-refractivity contribution in [1.82, 2.24) is 13.7 Å². The second-order valence-corrected chi connectivity index (χ2v) is 14.7. The maximum Gasteiger partial charge on any atom is 0.189 e. The lowest BCUT2D eigenvalue weighted by Crippen LogP contribution is -1.99. The Balaban J connectivity index is 1.12. The van der Waals surface area contributed by atoms with Gasteiger partial charge >= 0.3 is 0 Å². The van der Waals surface area contributed by atoms with Crippen molar-refractivity contribution in [3.8, 4) is 34.3 Å². The fourth-order valence-corrected chi connectivity index (χ4v) is 9.03. The van der Waals surface area contributed by atoms with Crippen LogP contribution >= 0.6 is 0 Å². The summed E-state index contributed by atoms with van der Waals surface area (Å²) in [6.45, 7) is 9.92. The zero-order valence-corrected chi connectivity index (χ0v) is 31.1. The number of nitrogens with zero attached hydrogens (tertiary/aromatic N) is 5. The smallest absolute Gasteiger partial charge is 0.189 e. The van der Waals surface area contributed by atoms with E-state index in [0.717, 1.165) is 78.2 Å². The molecule has 5 nitrogen and oxygen atoms in total. The summed E-state index contributed by atoms with van der Waals surface area (Å²) in [5, 5.41) is 17.5. The molecule has 0 radical (unpaired) electrons. The Morgan fingerprint density at radius 2 is 0.947 bits per heavy atom. The molecule has 11 rings (SSSR count). The first-order valence-corrected chi connectivity index (χ1v) is 19.2. The van der Waals surface area contributed by atoms with Crippen LogP contribution in [0.5, 0.6) is 0 Å². The molecule has 0 unspecified atom stereocenters. The van der Waals surface area contributed by atoms with Crippen LogP contribution in [0.1, 0.15) is 18.1 Å². The summed E-state index contributed by atoms with van der Waals surface area (Å²) < 4.78 is 6.94. The molecule has 0 aliphatic carbocycles. The monoisotopic (exact) mass is 727 g/mol. The van der Waals surface area contributed by atoms with Crippen molar-refractivity contribution in [2.75, 3.05) is 0 Å². The van der Waals surface area contributed by atoms with Crippen molar-refractivity contribution in [2.45, 2.75) is 13.3 Å². The molecule has 57 heavy (non-hydrogen) atoms. The van der Waals surface area contributed by atoms with Crippen LogP contribution in [0, 0.1) is 17.9 Å². The highest BCUT2D eigenvalue weighted by molar-refractivity contribution is 6.13. The van der Waals surface area contributed by atoms with E-state index in [1.54, 1.807) is 0 Å². The van der Waals surface area contributed by atoms with Crippen LogP contribution in [0.4, 0.5) is 5.69 Å². The van der Waals surface area contributed by atoms with Crippen LogP contribution in [0.15, 0.2) is 170 Å². The molecule has 3 heterocycles. The van der Waals surface area contributed by atoms with Gasteiger partial charge in [-0.2, -0.15) is 5.26 Å². The molecular formula is C52H33N5. The Labute approximate surface area is 328 Å². The third-order valence-corrected chi connectivity index (χ3v) is 11.6. The highest BCUT2D eigenvalue weighted by Gasteiger charge is 2.19. The minimum absolute atomic E-state index is 0.595. The maximum absolute atomic E-state index is 10.5. The summed E-state index contributed by atoms with van der Waals surface area (Å²) in [6, 6.07) is 62.3. The Morgan fingerprint density at radius 3 is 1.53 bits per heavy atom. The molecule has 0 spiro atoms. The van der Waals surface area contributed by atoms with Gasteiger partial charge in [0, 0.05) is 54.9 Å². The number of aryl methyl sites for hydroxylation is 1. The molecule has 0 saturated carbocycles. The summed E-state index contributed by atoms with van der Waals surface area (Å²) in [4.78, 5) is 3.76. The van der Waals surface area contributed by atoms with E-state index in [1.807, 2.05) is 24.3 Å². The molecule has 0 bridgehead atoms. The lowest BCUT2D eigenvalue weighted by molar-refractivity contribution is 1.11. The fraction of sp³-hybridized carbons (Fsp3) is 0.0385. The average molecular weight is 728 g/mol. The molecule has 0 aliphatic heterocycles. The fourth-order valence-electron chi connectivity index (χ4n) is 9.03. The summed E-state index contributed by atoms with van der Waals surface area (Å²) in [7, 11) is 0. The molecule has 11 aromatic rings. The van der Waals surface area contributed by atoms with Crippen LogP contribution in [0.25, 0.3) is 98.5 Å². The van der Waals surface area contributed by atoms with Gasteiger partial charge in [-0.05, 0) is 102 Å². The molecular weight excluding hydrogens is 695 g/mol. The highest BCUT2D eigenvalue weighted by Crippen LogP contribution is 2.39. The van der Waals surface area contributed by atoms with Gasteiger partial charge < -0.3 is 13.7 Å². The van der Waals surface area contributed by atoms with Crippen molar-refractivity contribution in [3.63, 3.8) is 0 Å². The van der Waals surface area contributed by atoms with Gasteiger partial charge in [-0.1, -0.05) is 97.9 Å². The number of benzene rings is 8. The van der Waals surface area contributed by atoms with Gasteiger partial charge in [0.2, 0.25) is 0 Å². The predicted molar refractivity (Wildman–Crippen MR) is 235 cm³/mol. The van der Waals surface area contributed by atoms with E-state index in [2.05, 4.69) is 177 Å². The standard InChI is InChI=1S/C52H33N5/c1-3-33-24-35(28-39(26-33)57-49-18-10-6-14-43(49)45-22-20-37(54-2)30-52(45)57)36-25-34(32-53)27-40(29-36)56-50-19-11-7-15-44(50)46-31-38(21-23-51(46)56)55-47-16-8-4-12-41(47)42-13-5-9-17-48(42)55/h4-31H,3H2,1H3. The Kier molecular flexibility index (Phi) is 7.20. The molecule has 8 aromatic carbocycles. The number of hydrogen-bond acceptors (Lipinski definition) is 1. The van der Waals surface area contributed by atoms with Crippen molar-refractivity contribution < 1.29 is 0 Å². The first-order valence-electron chi connectivity index (χ1n) is 19.2. The normalized spacial score (nSPS) is 11.6. The third kappa shape index (κ3) is 4.93. The minimum atomic E-state index is 0.595. The van der Waals surface area contributed by atoms with Crippen molar-refractivity contribution in [3.05, 3.63) is 192 Å². The largest absolute Gasteiger partial charge is 0.310 e. The SMILES string of the molecule is [C-]#[N+]c1ccc2c3ccccc3n(-c3cc(CC)cc(-c4cc(C#N)cc(-n5c6ccccc6c6cc(-n7c8ccccc8c8ccccc87)ccc65)c4)c3)c2c1. The van der Waals surface area contributed by atoms with E-state index >= 15 is 0 Å². The van der Waals surface area contributed by atoms with E-state index in [0.29, 0.717) is 11.3 Å². The first kappa shape index (κ1) is 32.6. The van der Waals surface area contributed by atoms with Crippen molar-refractivity contribution >= 4 is 71.1 Å². The summed E-state index contributed by atoms with van der Waals surface area (Å²) in [5.74, 6) is 0. The van der Waals surface area contributed by atoms with E-state index in [4.69, 9.17) is 6.57 Å². The quantitative estimate of drug-likeness (QED) is 0.163. The Hall–Kier alpha value is -7.86. The summed E-state index contributed by atoms with van der Waals surface area (Å²) >= 11 is 0. The van der Waals surface area contributed by atoms with Crippen molar-refractivity contribution in [1.29, 1.82) is 5.26 Å². The molecule has 5 heteroatoms. The Morgan fingerprint density at radius 1 is 0.456 bits per heavy atom. The number of para-hydroxylation sites is 4. The Bertz CT molecular complexity index is 3490. The average Bonchev–Trinajstić information content (AvgIpc) is 3.91. The van der Waals surface area contributed by atoms with Gasteiger partial charge in [0.05, 0.1) is 45.8 Å². The van der Waals surface area contributed by atoms with Gasteiger partial charge in [-0.3, -0.25) is 0 Å². The van der Waals surface area contributed by atoms with E-state index in [-0.39, 0.29) is 0 Å². The molecule has 3 aromatic heterocycles. The van der Waals surface area contributed by atoms with Crippen LogP contribution in [-0.4, -0.2) is 13.7 Å². The number of rotatable bonds is 5. The van der Waals surface area contributed by atoms with Gasteiger partial charge in [-0.15, -0.1) is 0 Å². The van der Waals surface area contributed by atoms with Gasteiger partial charge in [0.1, 0.15) is 0 Å². The third-order valence-electron chi connectivity index (χ3n) is 11.6. The van der Waals surface area contributed by atoms with Gasteiger partial charge in [0.25, 0.3) is 0 Å². The summed E-state index contributed by atoms with van der Waals surface area (Å²) in [6.07, 6.45) is 0.844. The molecule has 0 saturated heterocycles. The zero-order valence-electron chi connectivity index (χ0n) is 31.1. The molecule has 0 amide bonds. The molecule has 0 N–H and O–H groups in total. The minimum Gasteiger partial charge on any atom is -0.310 e. The summed E-state index contributed by atoms with van der Waals surface area (Å²) in [5.41, 5.74) is 14.0. The first-order chi connectivity index (χ1) is 28.1.